The minimum atomic E-state index is -0.560. The summed E-state index contributed by atoms with van der Waals surface area (Å²) in [4.78, 5) is 10.6. The quantitative estimate of drug-likeness (QED) is 0.737. The van der Waals surface area contributed by atoms with E-state index in [2.05, 4.69) is 5.32 Å². The summed E-state index contributed by atoms with van der Waals surface area (Å²) in [5.74, 6) is -0.486. The van der Waals surface area contributed by atoms with Crippen LogP contribution in [0.4, 0.5) is 5.69 Å². The monoisotopic (exact) mass is 189 g/mol. The number of para-hydroxylation sites is 1. The maximum atomic E-state index is 10.6. The van der Waals surface area contributed by atoms with Gasteiger partial charge in [0.1, 0.15) is 6.04 Å². The van der Waals surface area contributed by atoms with Gasteiger partial charge < -0.3 is 11.1 Å². The summed E-state index contributed by atoms with van der Waals surface area (Å²) in [6, 6.07) is 10.6. The first-order chi connectivity index (χ1) is 6.72. The summed E-state index contributed by atoms with van der Waals surface area (Å²) in [7, 11) is 0. The molecule has 1 unspecified atom stereocenters. The standard InChI is InChI=1S/C10H11N3O/c11-7-9(6-10(12)14)13-8-4-2-1-3-5-8/h1-5,9,13H,6H2,(H2,12,14). The average Bonchev–Trinajstić information content (AvgIpc) is 2.17. The van der Waals surface area contributed by atoms with Gasteiger partial charge in [0.05, 0.1) is 12.5 Å². The van der Waals surface area contributed by atoms with Crippen LogP contribution in [0, 0.1) is 11.3 Å². The fraction of sp³-hybridized carbons (Fsp3) is 0.200. The van der Waals surface area contributed by atoms with E-state index < -0.39 is 11.9 Å². The maximum Gasteiger partial charge on any atom is 0.220 e. The highest BCUT2D eigenvalue weighted by molar-refractivity contribution is 5.75. The lowest BCUT2D eigenvalue weighted by Gasteiger charge is -2.10. The molecule has 0 fully saturated rings. The fourth-order valence-corrected chi connectivity index (χ4v) is 1.07. The molecule has 0 radical (unpaired) electrons. The Morgan fingerprint density at radius 2 is 2.14 bits per heavy atom. The lowest BCUT2D eigenvalue weighted by Crippen LogP contribution is -2.25. The predicted molar refractivity (Wildman–Crippen MR) is 53.3 cm³/mol. The number of carbonyl (C=O) groups excluding carboxylic acids is 1. The number of benzene rings is 1. The Bertz CT molecular complexity index is 342. The Hall–Kier alpha value is -2.02. The first-order valence-corrected chi connectivity index (χ1v) is 4.22. The largest absolute Gasteiger partial charge is 0.370 e. The van der Waals surface area contributed by atoms with Crippen molar-refractivity contribution in [1.29, 1.82) is 5.26 Å². The molecule has 0 aliphatic heterocycles. The van der Waals surface area contributed by atoms with Crippen molar-refractivity contribution in [2.75, 3.05) is 5.32 Å². The molecule has 72 valence electrons. The highest BCUT2D eigenvalue weighted by atomic mass is 16.1. The van der Waals surface area contributed by atoms with Crippen LogP contribution in [-0.2, 0) is 4.79 Å². The highest BCUT2D eigenvalue weighted by Crippen LogP contribution is 2.07. The third-order valence-electron chi connectivity index (χ3n) is 1.68. The number of primary amides is 1. The van der Waals surface area contributed by atoms with Crippen LogP contribution < -0.4 is 11.1 Å². The number of carbonyl (C=O) groups is 1. The second-order valence-corrected chi connectivity index (χ2v) is 2.86. The van der Waals surface area contributed by atoms with Gasteiger partial charge in [-0.15, -0.1) is 0 Å². The van der Waals surface area contributed by atoms with E-state index in [1.807, 2.05) is 36.4 Å². The van der Waals surface area contributed by atoms with Gasteiger partial charge in [-0.3, -0.25) is 4.79 Å². The third-order valence-corrected chi connectivity index (χ3v) is 1.68. The number of nitrogens with zero attached hydrogens (tertiary/aromatic N) is 1. The lowest BCUT2D eigenvalue weighted by atomic mass is 10.2. The van der Waals surface area contributed by atoms with Gasteiger partial charge in [-0.1, -0.05) is 18.2 Å². The smallest absolute Gasteiger partial charge is 0.220 e. The minimum Gasteiger partial charge on any atom is -0.370 e. The molecule has 0 aromatic heterocycles. The zero-order valence-electron chi connectivity index (χ0n) is 7.60. The van der Waals surface area contributed by atoms with Gasteiger partial charge in [0, 0.05) is 5.69 Å². The molecule has 1 atom stereocenters. The van der Waals surface area contributed by atoms with E-state index in [-0.39, 0.29) is 6.42 Å². The molecule has 0 heterocycles. The van der Waals surface area contributed by atoms with E-state index in [0.29, 0.717) is 0 Å². The second kappa shape index (κ2) is 4.87. The molecule has 4 heteroatoms. The Kier molecular flexibility index (Phi) is 3.50. The molecule has 1 amide bonds. The van der Waals surface area contributed by atoms with E-state index in [4.69, 9.17) is 11.0 Å². The lowest BCUT2D eigenvalue weighted by molar-refractivity contribution is -0.118. The Morgan fingerprint density at radius 1 is 1.50 bits per heavy atom. The Balaban J connectivity index is 2.58. The van der Waals surface area contributed by atoms with Crippen molar-refractivity contribution >= 4 is 11.6 Å². The SMILES string of the molecule is N#CC(CC(N)=O)Nc1ccccc1. The third kappa shape index (κ3) is 3.15. The van der Waals surface area contributed by atoms with Gasteiger partial charge in [-0.2, -0.15) is 5.26 Å². The Labute approximate surface area is 82.3 Å². The van der Waals surface area contributed by atoms with Crippen molar-refractivity contribution < 1.29 is 4.79 Å². The molecule has 0 saturated heterocycles. The second-order valence-electron chi connectivity index (χ2n) is 2.86. The Morgan fingerprint density at radius 3 is 2.64 bits per heavy atom. The maximum absolute atomic E-state index is 10.6. The first-order valence-electron chi connectivity index (χ1n) is 4.22. The molecule has 1 aromatic carbocycles. The molecule has 0 spiro atoms. The van der Waals surface area contributed by atoms with Crippen LogP contribution in [0.2, 0.25) is 0 Å². The summed E-state index contributed by atoms with van der Waals surface area (Å²) in [5, 5.41) is 11.6. The van der Waals surface area contributed by atoms with Crippen molar-refractivity contribution in [3.05, 3.63) is 30.3 Å². The summed E-state index contributed by atoms with van der Waals surface area (Å²) >= 11 is 0. The van der Waals surface area contributed by atoms with E-state index in [9.17, 15) is 4.79 Å². The van der Waals surface area contributed by atoms with E-state index >= 15 is 0 Å². The number of amides is 1. The van der Waals surface area contributed by atoms with Gasteiger partial charge >= 0.3 is 0 Å². The molecular weight excluding hydrogens is 178 g/mol. The van der Waals surface area contributed by atoms with Gasteiger partial charge in [-0.25, -0.2) is 0 Å². The van der Waals surface area contributed by atoms with E-state index in [1.165, 1.54) is 0 Å². The highest BCUT2D eigenvalue weighted by Gasteiger charge is 2.09. The predicted octanol–water partition coefficient (Wildman–Crippen LogP) is 0.866. The fourth-order valence-electron chi connectivity index (χ4n) is 1.07. The molecular formula is C10H11N3O. The molecule has 1 rings (SSSR count). The average molecular weight is 189 g/mol. The van der Waals surface area contributed by atoms with Gasteiger partial charge in [-0.05, 0) is 12.1 Å². The van der Waals surface area contributed by atoms with Crippen LogP contribution in [0.1, 0.15) is 6.42 Å². The van der Waals surface area contributed by atoms with Crippen LogP contribution in [0.15, 0.2) is 30.3 Å². The summed E-state index contributed by atoms with van der Waals surface area (Å²) in [6.45, 7) is 0. The van der Waals surface area contributed by atoms with Crippen LogP contribution in [0.5, 0.6) is 0 Å². The number of rotatable bonds is 4. The van der Waals surface area contributed by atoms with Crippen molar-refractivity contribution in [2.45, 2.75) is 12.5 Å². The van der Waals surface area contributed by atoms with Crippen molar-refractivity contribution in [3.63, 3.8) is 0 Å². The van der Waals surface area contributed by atoms with Crippen LogP contribution >= 0.6 is 0 Å². The zero-order chi connectivity index (χ0) is 10.4. The van der Waals surface area contributed by atoms with Crippen molar-refractivity contribution in [3.8, 4) is 6.07 Å². The van der Waals surface area contributed by atoms with E-state index in [0.717, 1.165) is 5.69 Å². The number of nitriles is 1. The molecule has 1 aromatic rings. The zero-order valence-corrected chi connectivity index (χ0v) is 7.60. The topological polar surface area (TPSA) is 78.9 Å². The summed E-state index contributed by atoms with van der Waals surface area (Å²) in [6.07, 6.45) is 0.0192. The van der Waals surface area contributed by atoms with Crippen LogP contribution in [0.25, 0.3) is 0 Å². The minimum absolute atomic E-state index is 0.0192. The van der Waals surface area contributed by atoms with E-state index in [1.54, 1.807) is 0 Å². The van der Waals surface area contributed by atoms with Crippen LogP contribution in [-0.4, -0.2) is 11.9 Å². The normalized spacial score (nSPS) is 11.4. The molecule has 3 N–H and O–H groups in total. The van der Waals surface area contributed by atoms with Crippen LogP contribution in [0.3, 0.4) is 0 Å². The number of nitrogens with two attached hydrogens (primary N) is 1. The number of anilines is 1. The number of hydrogen-bond acceptors (Lipinski definition) is 3. The molecule has 4 nitrogen and oxygen atoms in total. The number of hydrogen-bond donors (Lipinski definition) is 2. The molecule has 0 bridgehead atoms. The molecule has 0 saturated carbocycles. The van der Waals surface area contributed by atoms with Crippen molar-refractivity contribution in [1.82, 2.24) is 0 Å². The molecule has 0 aliphatic carbocycles. The van der Waals surface area contributed by atoms with Gasteiger partial charge in [0.25, 0.3) is 0 Å². The summed E-state index contributed by atoms with van der Waals surface area (Å²) in [5.41, 5.74) is 5.80. The first kappa shape index (κ1) is 10.1. The van der Waals surface area contributed by atoms with Crippen molar-refractivity contribution in [2.24, 2.45) is 5.73 Å². The molecule has 14 heavy (non-hydrogen) atoms. The van der Waals surface area contributed by atoms with Gasteiger partial charge in [0.15, 0.2) is 0 Å². The summed E-state index contributed by atoms with van der Waals surface area (Å²) < 4.78 is 0. The van der Waals surface area contributed by atoms with Gasteiger partial charge in [0.2, 0.25) is 5.91 Å². The number of nitrogens with one attached hydrogen (secondary N) is 1. The molecule has 0 aliphatic rings.